The summed E-state index contributed by atoms with van der Waals surface area (Å²) in [5.41, 5.74) is 3.23. The third-order valence-corrected chi connectivity index (χ3v) is 6.97. The summed E-state index contributed by atoms with van der Waals surface area (Å²) < 4.78 is 5.81. The lowest BCUT2D eigenvalue weighted by atomic mass is 9.98. The van der Waals surface area contributed by atoms with Crippen molar-refractivity contribution in [2.75, 3.05) is 31.6 Å². The molecule has 2 aromatic rings. The van der Waals surface area contributed by atoms with E-state index >= 15 is 0 Å². The fraction of sp³-hybridized carbons (Fsp3) is 0.462. The standard InChI is InChI=1S/C26H31N3O3/c1-18-11-13-28(14-12-18)25(30)19-6-4-7-20(16-19)27-24-22-9-2-3-10-23(22)26(31)29(24)17-21-8-5-15-32-21/h2-4,6-7,9-10,16,18,21,24,27H,5,8,11-15,17H2,1H3. The predicted octanol–water partition coefficient (Wildman–Crippen LogP) is 4.30. The topological polar surface area (TPSA) is 61.9 Å². The van der Waals surface area contributed by atoms with E-state index in [4.69, 9.17) is 4.74 Å². The molecule has 0 aromatic heterocycles. The van der Waals surface area contributed by atoms with Gasteiger partial charge in [0.05, 0.1) is 6.10 Å². The van der Waals surface area contributed by atoms with Crippen LogP contribution < -0.4 is 5.32 Å². The molecule has 2 atom stereocenters. The van der Waals surface area contributed by atoms with Gasteiger partial charge in [0.1, 0.15) is 6.17 Å². The second kappa shape index (κ2) is 8.94. The minimum Gasteiger partial charge on any atom is -0.376 e. The van der Waals surface area contributed by atoms with Crippen LogP contribution >= 0.6 is 0 Å². The van der Waals surface area contributed by atoms with Gasteiger partial charge >= 0.3 is 0 Å². The van der Waals surface area contributed by atoms with Gasteiger partial charge in [-0.1, -0.05) is 31.2 Å². The van der Waals surface area contributed by atoms with Gasteiger partial charge in [-0.25, -0.2) is 0 Å². The molecule has 0 aliphatic carbocycles. The Labute approximate surface area is 189 Å². The maximum Gasteiger partial charge on any atom is 0.256 e. The molecule has 6 heteroatoms. The molecule has 3 aliphatic rings. The summed E-state index contributed by atoms with van der Waals surface area (Å²) in [6.45, 7) is 5.21. The van der Waals surface area contributed by atoms with Crippen molar-refractivity contribution in [1.82, 2.24) is 9.80 Å². The lowest BCUT2D eigenvalue weighted by Gasteiger charge is -2.31. The fourth-order valence-electron chi connectivity index (χ4n) is 5.02. The number of benzene rings is 2. The third kappa shape index (κ3) is 4.11. The van der Waals surface area contributed by atoms with Crippen LogP contribution in [-0.2, 0) is 4.74 Å². The first kappa shape index (κ1) is 21.0. The minimum absolute atomic E-state index is 0.0308. The highest BCUT2D eigenvalue weighted by Gasteiger charge is 2.38. The van der Waals surface area contributed by atoms with Gasteiger partial charge in [-0.05, 0) is 55.9 Å². The van der Waals surface area contributed by atoms with Crippen molar-refractivity contribution >= 4 is 17.5 Å². The Morgan fingerprint density at radius 3 is 2.69 bits per heavy atom. The normalized spacial score (nSPS) is 23.5. The fourth-order valence-corrected chi connectivity index (χ4v) is 5.02. The van der Waals surface area contributed by atoms with E-state index in [9.17, 15) is 9.59 Å². The van der Waals surface area contributed by atoms with Gasteiger partial charge < -0.3 is 19.9 Å². The molecule has 0 bridgehead atoms. The quantitative estimate of drug-likeness (QED) is 0.764. The zero-order valence-electron chi connectivity index (χ0n) is 18.6. The maximum absolute atomic E-state index is 13.2. The van der Waals surface area contributed by atoms with Gasteiger partial charge in [0.2, 0.25) is 0 Å². The highest BCUT2D eigenvalue weighted by atomic mass is 16.5. The van der Waals surface area contributed by atoms with Crippen molar-refractivity contribution in [1.29, 1.82) is 0 Å². The summed E-state index contributed by atoms with van der Waals surface area (Å²) in [7, 11) is 0. The first-order chi connectivity index (χ1) is 15.6. The number of carbonyl (C=O) groups is 2. The molecule has 3 heterocycles. The van der Waals surface area contributed by atoms with E-state index in [1.54, 1.807) is 0 Å². The smallest absolute Gasteiger partial charge is 0.256 e. The van der Waals surface area contributed by atoms with Crippen LogP contribution in [0.1, 0.15) is 65.1 Å². The van der Waals surface area contributed by atoms with Crippen molar-refractivity contribution in [3.8, 4) is 0 Å². The number of amides is 2. The van der Waals surface area contributed by atoms with Crippen molar-refractivity contribution in [2.24, 2.45) is 5.92 Å². The molecule has 32 heavy (non-hydrogen) atoms. The van der Waals surface area contributed by atoms with Crippen LogP contribution in [0.4, 0.5) is 5.69 Å². The summed E-state index contributed by atoms with van der Waals surface area (Å²) in [6, 6.07) is 15.4. The zero-order chi connectivity index (χ0) is 22.1. The second-order valence-corrected chi connectivity index (χ2v) is 9.28. The van der Waals surface area contributed by atoms with Crippen molar-refractivity contribution in [3.63, 3.8) is 0 Å². The number of ether oxygens (including phenoxy) is 1. The van der Waals surface area contributed by atoms with Gasteiger partial charge in [-0.15, -0.1) is 0 Å². The first-order valence-electron chi connectivity index (χ1n) is 11.8. The molecule has 5 rings (SSSR count). The molecule has 0 radical (unpaired) electrons. The van der Waals surface area contributed by atoms with Crippen LogP contribution in [0.15, 0.2) is 48.5 Å². The number of fused-ring (bicyclic) bond motifs is 1. The van der Waals surface area contributed by atoms with Crippen LogP contribution in [0.2, 0.25) is 0 Å². The molecule has 2 fully saturated rings. The largest absolute Gasteiger partial charge is 0.376 e. The summed E-state index contributed by atoms with van der Waals surface area (Å²) in [4.78, 5) is 30.1. The van der Waals surface area contributed by atoms with E-state index < -0.39 is 0 Å². The number of piperidine rings is 1. The Hall–Kier alpha value is -2.86. The van der Waals surface area contributed by atoms with E-state index in [0.29, 0.717) is 18.0 Å². The minimum atomic E-state index is -0.274. The molecule has 2 aromatic carbocycles. The zero-order valence-corrected chi connectivity index (χ0v) is 18.6. The number of hydrogen-bond donors (Lipinski definition) is 1. The Morgan fingerprint density at radius 2 is 1.91 bits per heavy atom. The number of rotatable bonds is 5. The van der Waals surface area contributed by atoms with E-state index in [2.05, 4.69) is 12.2 Å². The molecule has 2 amide bonds. The lowest BCUT2D eigenvalue weighted by molar-refractivity contribution is 0.0488. The average Bonchev–Trinajstić information content (AvgIpc) is 3.42. The maximum atomic E-state index is 13.2. The van der Waals surface area contributed by atoms with Gasteiger partial charge in [0, 0.05) is 48.6 Å². The highest BCUT2D eigenvalue weighted by molar-refractivity contribution is 5.99. The Bertz CT molecular complexity index is 993. The van der Waals surface area contributed by atoms with Crippen LogP contribution in [0.25, 0.3) is 0 Å². The molecule has 168 valence electrons. The van der Waals surface area contributed by atoms with Crippen molar-refractivity contribution < 1.29 is 14.3 Å². The van der Waals surface area contributed by atoms with Crippen molar-refractivity contribution in [2.45, 2.75) is 44.9 Å². The number of likely N-dealkylation sites (tertiary alicyclic amines) is 1. The monoisotopic (exact) mass is 433 g/mol. The number of nitrogens with one attached hydrogen (secondary N) is 1. The molecule has 0 saturated carbocycles. The number of anilines is 1. The predicted molar refractivity (Wildman–Crippen MR) is 124 cm³/mol. The molecular weight excluding hydrogens is 402 g/mol. The van der Waals surface area contributed by atoms with E-state index in [-0.39, 0.29) is 24.1 Å². The van der Waals surface area contributed by atoms with Gasteiger partial charge in [-0.2, -0.15) is 0 Å². The Morgan fingerprint density at radius 1 is 1.09 bits per heavy atom. The summed E-state index contributed by atoms with van der Waals surface area (Å²) >= 11 is 0. The highest BCUT2D eigenvalue weighted by Crippen LogP contribution is 2.35. The number of nitrogens with zero attached hydrogens (tertiary/aromatic N) is 2. The molecule has 6 nitrogen and oxygen atoms in total. The van der Waals surface area contributed by atoms with Gasteiger partial charge in [0.25, 0.3) is 11.8 Å². The van der Waals surface area contributed by atoms with Crippen LogP contribution in [0.5, 0.6) is 0 Å². The van der Waals surface area contributed by atoms with E-state index in [0.717, 1.165) is 62.2 Å². The van der Waals surface area contributed by atoms with Crippen molar-refractivity contribution in [3.05, 3.63) is 65.2 Å². The van der Waals surface area contributed by atoms with Crippen LogP contribution in [0.3, 0.4) is 0 Å². The number of carbonyl (C=O) groups excluding carboxylic acids is 2. The van der Waals surface area contributed by atoms with E-state index in [1.165, 1.54) is 0 Å². The summed E-state index contributed by atoms with van der Waals surface area (Å²) in [5.74, 6) is 0.796. The number of hydrogen-bond acceptors (Lipinski definition) is 4. The first-order valence-corrected chi connectivity index (χ1v) is 11.8. The summed E-state index contributed by atoms with van der Waals surface area (Å²) in [6.07, 6.45) is 3.93. The van der Waals surface area contributed by atoms with Gasteiger partial charge in [0.15, 0.2) is 0 Å². The molecule has 2 unspecified atom stereocenters. The molecule has 2 saturated heterocycles. The molecule has 1 N–H and O–H groups in total. The Balaban J connectivity index is 1.37. The SMILES string of the molecule is CC1CCN(C(=O)c2cccc(NC3c4ccccc4C(=O)N3CC3CCCO3)c2)CC1. The second-order valence-electron chi connectivity index (χ2n) is 9.28. The Kier molecular flexibility index (Phi) is 5.87. The molecule has 3 aliphatic heterocycles. The van der Waals surface area contributed by atoms with Crippen LogP contribution in [-0.4, -0.2) is 54.0 Å². The lowest BCUT2D eigenvalue weighted by Crippen LogP contribution is -2.38. The molecular formula is C26H31N3O3. The van der Waals surface area contributed by atoms with E-state index in [1.807, 2.05) is 58.3 Å². The average molecular weight is 434 g/mol. The summed E-state index contributed by atoms with van der Waals surface area (Å²) in [5, 5.41) is 3.54. The molecule has 0 spiro atoms. The van der Waals surface area contributed by atoms with Gasteiger partial charge in [-0.3, -0.25) is 9.59 Å². The third-order valence-electron chi connectivity index (χ3n) is 6.97. The van der Waals surface area contributed by atoms with Crippen LogP contribution in [0, 0.1) is 5.92 Å².